The van der Waals surface area contributed by atoms with Crippen LogP contribution in [0.2, 0.25) is 5.02 Å². The predicted molar refractivity (Wildman–Crippen MR) is 110 cm³/mol. The fourth-order valence-corrected chi connectivity index (χ4v) is 4.72. The Kier molecular flexibility index (Phi) is 5.52. The van der Waals surface area contributed by atoms with Crippen LogP contribution < -0.4 is 14.8 Å². The number of carbonyl (C=O) groups is 2. The van der Waals surface area contributed by atoms with Crippen molar-refractivity contribution in [2.75, 3.05) is 14.2 Å². The van der Waals surface area contributed by atoms with E-state index in [0.29, 0.717) is 29.2 Å². The fraction of sp³-hybridized carbons (Fsp3) is 0.304. The second kappa shape index (κ2) is 8.11. The maximum atomic E-state index is 14.6. The second-order valence-corrected chi connectivity index (χ2v) is 7.88. The van der Waals surface area contributed by atoms with Crippen molar-refractivity contribution in [3.8, 4) is 11.5 Å². The Morgan fingerprint density at radius 2 is 1.87 bits per heavy atom. The molecular weight excluding hydrogens is 409 g/mol. The number of amides is 1. The Bertz CT molecular complexity index is 1040. The molecule has 1 amide bonds. The van der Waals surface area contributed by atoms with E-state index in [0.717, 1.165) is 5.56 Å². The van der Waals surface area contributed by atoms with Gasteiger partial charge in [-0.1, -0.05) is 17.7 Å². The highest BCUT2D eigenvalue weighted by molar-refractivity contribution is 6.31. The van der Waals surface area contributed by atoms with E-state index in [2.05, 4.69) is 5.32 Å². The summed E-state index contributed by atoms with van der Waals surface area (Å²) in [6.45, 7) is 0. The molecule has 1 N–H and O–H groups in total. The summed E-state index contributed by atoms with van der Waals surface area (Å²) in [5.74, 6) is -0.493. The molecule has 0 unspecified atom stereocenters. The van der Waals surface area contributed by atoms with Gasteiger partial charge in [-0.15, -0.1) is 0 Å². The summed E-state index contributed by atoms with van der Waals surface area (Å²) in [4.78, 5) is 25.7. The van der Waals surface area contributed by atoms with Crippen molar-refractivity contribution >= 4 is 23.3 Å². The van der Waals surface area contributed by atoms with Gasteiger partial charge >= 0.3 is 0 Å². The van der Waals surface area contributed by atoms with E-state index >= 15 is 0 Å². The zero-order chi connectivity index (χ0) is 21.4. The van der Waals surface area contributed by atoms with Crippen LogP contribution in [0.1, 0.15) is 42.2 Å². The molecule has 0 radical (unpaired) electrons. The van der Waals surface area contributed by atoms with Gasteiger partial charge in [0.05, 0.1) is 14.2 Å². The summed E-state index contributed by atoms with van der Waals surface area (Å²) in [7, 11) is 3.14. The number of nitrogens with one attached hydrogen (secondary N) is 1. The topological polar surface area (TPSA) is 64.6 Å². The highest BCUT2D eigenvalue weighted by Crippen LogP contribution is 2.46. The largest absolute Gasteiger partial charge is 0.497 e. The zero-order valence-electron chi connectivity index (χ0n) is 16.6. The monoisotopic (exact) mass is 429 g/mol. The molecule has 2 aromatic carbocycles. The number of hydrogen-bond donors (Lipinski definition) is 1. The molecule has 0 saturated carbocycles. The minimum absolute atomic E-state index is 0.0155. The molecule has 0 bridgehead atoms. The first-order valence-electron chi connectivity index (χ1n) is 9.64. The van der Waals surface area contributed by atoms with Gasteiger partial charge in [0.25, 0.3) is 0 Å². The smallest absolute Gasteiger partial charge is 0.225 e. The van der Waals surface area contributed by atoms with Crippen molar-refractivity contribution in [3.63, 3.8) is 0 Å². The Morgan fingerprint density at radius 1 is 1.07 bits per heavy atom. The lowest BCUT2D eigenvalue weighted by molar-refractivity contribution is -0.122. The number of rotatable bonds is 4. The van der Waals surface area contributed by atoms with Gasteiger partial charge in [-0.2, -0.15) is 0 Å². The van der Waals surface area contributed by atoms with E-state index in [4.69, 9.17) is 21.1 Å². The molecule has 1 aliphatic carbocycles. The van der Waals surface area contributed by atoms with Crippen molar-refractivity contribution in [3.05, 3.63) is 69.6 Å². The number of methoxy groups -OCH3 is 2. The molecule has 7 heteroatoms. The lowest BCUT2D eigenvalue weighted by atomic mass is 9.73. The molecule has 156 valence electrons. The molecule has 4 rings (SSSR count). The Labute approximate surface area is 178 Å². The Hall–Kier alpha value is -2.86. The lowest BCUT2D eigenvalue weighted by Crippen LogP contribution is -2.38. The van der Waals surface area contributed by atoms with Gasteiger partial charge in [-0.3, -0.25) is 9.59 Å². The highest BCUT2D eigenvalue weighted by atomic mass is 35.5. The molecule has 2 aromatic rings. The fourth-order valence-electron chi connectivity index (χ4n) is 4.43. The maximum absolute atomic E-state index is 14.6. The van der Waals surface area contributed by atoms with Crippen LogP contribution >= 0.6 is 11.6 Å². The number of ketones is 1. The SMILES string of the molecule is COc1ccc(OC)c([C@@H]2CC(=O)C3=C(C2)NC(=O)C[C@H]3c2c(F)cccc2Cl)c1. The average Bonchev–Trinajstić information content (AvgIpc) is 2.72. The summed E-state index contributed by atoms with van der Waals surface area (Å²) in [6, 6.07) is 9.81. The number of benzene rings is 2. The number of halogens is 2. The van der Waals surface area contributed by atoms with Crippen molar-refractivity contribution in [1.82, 2.24) is 5.32 Å². The van der Waals surface area contributed by atoms with Gasteiger partial charge in [0.2, 0.25) is 5.91 Å². The van der Waals surface area contributed by atoms with E-state index in [1.807, 2.05) is 6.07 Å². The van der Waals surface area contributed by atoms with E-state index < -0.39 is 11.7 Å². The molecular formula is C23H21ClFNO4. The van der Waals surface area contributed by atoms with Crippen molar-refractivity contribution in [2.24, 2.45) is 0 Å². The van der Waals surface area contributed by atoms with Crippen LogP contribution in [0.25, 0.3) is 0 Å². The molecule has 2 aliphatic rings. The van der Waals surface area contributed by atoms with E-state index in [9.17, 15) is 14.0 Å². The normalized spacial score (nSPS) is 21.2. The van der Waals surface area contributed by atoms with E-state index in [-0.39, 0.29) is 41.0 Å². The Balaban J connectivity index is 1.77. The first-order chi connectivity index (χ1) is 14.4. The van der Waals surface area contributed by atoms with Crippen LogP contribution in [0.15, 0.2) is 47.7 Å². The minimum Gasteiger partial charge on any atom is -0.497 e. The quantitative estimate of drug-likeness (QED) is 0.777. The average molecular weight is 430 g/mol. The number of carbonyl (C=O) groups excluding carboxylic acids is 2. The molecule has 30 heavy (non-hydrogen) atoms. The summed E-state index contributed by atoms with van der Waals surface area (Å²) in [5.41, 5.74) is 2.01. The number of ether oxygens (including phenoxy) is 2. The van der Waals surface area contributed by atoms with E-state index in [1.54, 1.807) is 32.4 Å². The highest BCUT2D eigenvalue weighted by Gasteiger charge is 2.40. The minimum atomic E-state index is -0.692. The van der Waals surface area contributed by atoms with E-state index in [1.165, 1.54) is 12.1 Å². The maximum Gasteiger partial charge on any atom is 0.225 e. The molecule has 5 nitrogen and oxygen atoms in total. The van der Waals surface area contributed by atoms with Crippen LogP contribution in [-0.4, -0.2) is 25.9 Å². The molecule has 0 spiro atoms. The van der Waals surface area contributed by atoms with Gasteiger partial charge in [-0.25, -0.2) is 4.39 Å². The predicted octanol–water partition coefficient (Wildman–Crippen LogP) is 4.50. The van der Waals surface area contributed by atoms with Crippen LogP contribution in [0, 0.1) is 5.82 Å². The zero-order valence-corrected chi connectivity index (χ0v) is 17.4. The van der Waals surface area contributed by atoms with Crippen LogP contribution in [0.4, 0.5) is 4.39 Å². The van der Waals surface area contributed by atoms with Gasteiger partial charge < -0.3 is 14.8 Å². The second-order valence-electron chi connectivity index (χ2n) is 7.47. The molecule has 0 saturated heterocycles. The van der Waals surface area contributed by atoms with Crippen molar-refractivity contribution < 1.29 is 23.5 Å². The first-order valence-corrected chi connectivity index (χ1v) is 10.0. The molecule has 1 aliphatic heterocycles. The molecule has 0 aromatic heterocycles. The molecule has 1 heterocycles. The number of hydrogen-bond acceptors (Lipinski definition) is 4. The van der Waals surface area contributed by atoms with Crippen LogP contribution in [-0.2, 0) is 9.59 Å². The third-order valence-corrected chi connectivity index (χ3v) is 6.09. The molecule has 2 atom stereocenters. The van der Waals surface area contributed by atoms with Gasteiger partial charge in [0.15, 0.2) is 5.78 Å². The van der Waals surface area contributed by atoms with Crippen LogP contribution in [0.3, 0.4) is 0 Å². The number of allylic oxidation sites excluding steroid dienone is 2. The standard InChI is InChI=1S/C23H21ClFNO4/c1-29-13-6-7-20(30-2)14(10-13)12-8-18-23(19(27)9-12)15(11-21(28)26-18)22-16(24)4-3-5-17(22)25/h3-7,10,12,15H,8-9,11H2,1-2H3,(H,26,28)/t12-,15-/m0/s1. The summed E-state index contributed by atoms with van der Waals surface area (Å²) >= 11 is 6.25. The summed E-state index contributed by atoms with van der Waals surface area (Å²) in [5, 5.41) is 3.05. The lowest BCUT2D eigenvalue weighted by Gasteiger charge is -2.35. The van der Waals surface area contributed by atoms with Gasteiger partial charge in [0.1, 0.15) is 17.3 Å². The molecule has 0 fully saturated rings. The third-order valence-electron chi connectivity index (χ3n) is 5.76. The summed E-state index contributed by atoms with van der Waals surface area (Å²) in [6.07, 6.45) is 0.637. The summed E-state index contributed by atoms with van der Waals surface area (Å²) < 4.78 is 25.4. The van der Waals surface area contributed by atoms with Gasteiger partial charge in [0, 0.05) is 52.1 Å². The Morgan fingerprint density at radius 3 is 2.57 bits per heavy atom. The van der Waals surface area contributed by atoms with Crippen LogP contribution in [0.5, 0.6) is 11.5 Å². The third kappa shape index (κ3) is 3.56. The van der Waals surface area contributed by atoms with Crippen molar-refractivity contribution in [2.45, 2.75) is 31.1 Å². The van der Waals surface area contributed by atoms with Crippen molar-refractivity contribution in [1.29, 1.82) is 0 Å². The van der Waals surface area contributed by atoms with Gasteiger partial charge in [-0.05, 0) is 36.8 Å². The first kappa shape index (κ1) is 20.4. The number of Topliss-reactive ketones (excluding diaryl/α,β-unsaturated/α-hetero) is 1.